The fourth-order valence-corrected chi connectivity index (χ4v) is 3.42. The second-order valence-electron chi connectivity index (χ2n) is 5.15. The summed E-state index contributed by atoms with van der Waals surface area (Å²) in [5.41, 5.74) is 7.73. The van der Waals surface area contributed by atoms with Gasteiger partial charge >= 0.3 is 0 Å². The maximum atomic E-state index is 12.6. The molecule has 1 amide bonds. The number of benzene rings is 2. The Kier molecular flexibility index (Phi) is 4.23. The van der Waals surface area contributed by atoms with E-state index in [4.69, 9.17) is 5.73 Å². The summed E-state index contributed by atoms with van der Waals surface area (Å²) in [6, 6.07) is 11.3. The van der Waals surface area contributed by atoms with Gasteiger partial charge in [0.2, 0.25) is 5.91 Å². The van der Waals surface area contributed by atoms with Gasteiger partial charge < -0.3 is 5.73 Å². The number of hydrogen-bond donors (Lipinski definition) is 1. The van der Waals surface area contributed by atoms with Crippen LogP contribution in [-0.4, -0.2) is 21.4 Å². The van der Waals surface area contributed by atoms with Gasteiger partial charge in [-0.25, -0.2) is 8.42 Å². The highest BCUT2D eigenvalue weighted by atomic mass is 32.2. The Balaban J connectivity index is 2.44. The van der Waals surface area contributed by atoms with E-state index in [1.165, 1.54) is 17.4 Å². The van der Waals surface area contributed by atoms with Crippen LogP contribution in [0.4, 0.5) is 5.69 Å². The first kappa shape index (κ1) is 16.0. The third-order valence-electron chi connectivity index (χ3n) is 3.50. The summed E-state index contributed by atoms with van der Waals surface area (Å²) in [5.74, 6) is -0.543. The van der Waals surface area contributed by atoms with Crippen LogP contribution in [0, 0.1) is 13.8 Å². The van der Waals surface area contributed by atoms with Gasteiger partial charge in [-0.3, -0.25) is 9.10 Å². The second kappa shape index (κ2) is 5.81. The van der Waals surface area contributed by atoms with Crippen molar-refractivity contribution in [3.63, 3.8) is 0 Å². The second-order valence-corrected chi connectivity index (χ2v) is 7.12. The number of carbonyl (C=O) groups excluding carboxylic acids is 1. The van der Waals surface area contributed by atoms with Gasteiger partial charge in [-0.2, -0.15) is 0 Å². The molecule has 0 unspecified atom stereocenters. The number of nitrogens with zero attached hydrogens (tertiary/aromatic N) is 1. The van der Waals surface area contributed by atoms with Crippen LogP contribution in [-0.2, 0) is 10.0 Å². The maximum absolute atomic E-state index is 12.6. The molecular weight excluding hydrogens is 300 g/mol. The molecule has 22 heavy (non-hydrogen) atoms. The number of aryl methyl sites for hydroxylation is 2. The summed E-state index contributed by atoms with van der Waals surface area (Å²) >= 11 is 0. The SMILES string of the molecule is Cc1ccc(S(=O)(=O)N(C)c2ccc(C(N)=O)cc2C)cc1. The Morgan fingerprint density at radius 3 is 2.14 bits per heavy atom. The van der Waals surface area contributed by atoms with Crippen LogP contribution in [0.5, 0.6) is 0 Å². The van der Waals surface area contributed by atoms with Crippen LogP contribution >= 0.6 is 0 Å². The van der Waals surface area contributed by atoms with E-state index in [0.29, 0.717) is 16.8 Å². The van der Waals surface area contributed by atoms with E-state index in [-0.39, 0.29) is 4.90 Å². The van der Waals surface area contributed by atoms with Crippen LogP contribution in [0.15, 0.2) is 47.4 Å². The number of nitrogens with two attached hydrogens (primary N) is 1. The molecule has 0 bridgehead atoms. The molecule has 0 atom stereocenters. The molecule has 0 saturated heterocycles. The molecule has 6 heteroatoms. The van der Waals surface area contributed by atoms with Crippen molar-refractivity contribution in [2.75, 3.05) is 11.4 Å². The molecule has 2 rings (SSSR count). The van der Waals surface area contributed by atoms with Gasteiger partial charge in [0.1, 0.15) is 0 Å². The van der Waals surface area contributed by atoms with Crippen LogP contribution in [0.25, 0.3) is 0 Å². The minimum Gasteiger partial charge on any atom is -0.366 e. The summed E-state index contributed by atoms with van der Waals surface area (Å²) < 4.78 is 26.5. The van der Waals surface area contributed by atoms with E-state index in [2.05, 4.69) is 0 Å². The number of rotatable bonds is 4. The van der Waals surface area contributed by atoms with Crippen molar-refractivity contribution in [1.29, 1.82) is 0 Å². The predicted octanol–water partition coefficient (Wildman–Crippen LogP) is 2.23. The minimum atomic E-state index is -3.65. The first-order valence-electron chi connectivity index (χ1n) is 6.69. The first-order chi connectivity index (χ1) is 10.2. The van der Waals surface area contributed by atoms with Gasteiger partial charge in [-0.15, -0.1) is 0 Å². The number of carbonyl (C=O) groups is 1. The van der Waals surface area contributed by atoms with E-state index >= 15 is 0 Å². The Labute approximate surface area is 130 Å². The monoisotopic (exact) mass is 318 g/mol. The standard InChI is InChI=1S/C16H18N2O3S/c1-11-4-7-14(8-5-11)22(20,21)18(3)15-9-6-13(16(17)19)10-12(15)2/h4-10H,1-3H3,(H2,17,19). The topological polar surface area (TPSA) is 80.5 Å². The molecule has 2 N–H and O–H groups in total. The fourth-order valence-electron chi connectivity index (χ4n) is 2.16. The molecule has 2 aromatic carbocycles. The molecule has 0 spiro atoms. The van der Waals surface area contributed by atoms with Crippen molar-refractivity contribution in [1.82, 2.24) is 0 Å². The smallest absolute Gasteiger partial charge is 0.264 e. The predicted molar refractivity (Wildman–Crippen MR) is 86.5 cm³/mol. The normalized spacial score (nSPS) is 11.2. The van der Waals surface area contributed by atoms with Gasteiger partial charge in [0.25, 0.3) is 10.0 Å². The zero-order valence-electron chi connectivity index (χ0n) is 12.7. The van der Waals surface area contributed by atoms with E-state index in [0.717, 1.165) is 5.56 Å². The van der Waals surface area contributed by atoms with E-state index in [1.807, 2.05) is 6.92 Å². The highest BCUT2D eigenvalue weighted by Gasteiger charge is 2.22. The average molecular weight is 318 g/mol. The van der Waals surface area contributed by atoms with E-state index < -0.39 is 15.9 Å². The van der Waals surface area contributed by atoms with Crippen molar-refractivity contribution in [3.8, 4) is 0 Å². The van der Waals surface area contributed by atoms with Gasteiger partial charge in [-0.1, -0.05) is 17.7 Å². The fraction of sp³-hybridized carbons (Fsp3) is 0.188. The molecule has 116 valence electrons. The van der Waals surface area contributed by atoms with Gasteiger partial charge in [-0.05, 0) is 49.7 Å². The Hall–Kier alpha value is -2.34. The van der Waals surface area contributed by atoms with Crippen molar-refractivity contribution in [3.05, 3.63) is 59.2 Å². The molecule has 0 aliphatic rings. The van der Waals surface area contributed by atoms with Crippen LogP contribution < -0.4 is 10.0 Å². The van der Waals surface area contributed by atoms with Gasteiger partial charge in [0, 0.05) is 12.6 Å². The van der Waals surface area contributed by atoms with Crippen molar-refractivity contribution in [2.45, 2.75) is 18.7 Å². The molecule has 5 nitrogen and oxygen atoms in total. The summed E-state index contributed by atoms with van der Waals surface area (Å²) in [7, 11) is -2.16. The number of anilines is 1. The third-order valence-corrected chi connectivity index (χ3v) is 5.29. The summed E-state index contributed by atoms with van der Waals surface area (Å²) in [5, 5.41) is 0. The summed E-state index contributed by atoms with van der Waals surface area (Å²) in [6.07, 6.45) is 0. The van der Waals surface area contributed by atoms with Crippen molar-refractivity contribution in [2.24, 2.45) is 5.73 Å². The van der Waals surface area contributed by atoms with Gasteiger partial charge in [0.15, 0.2) is 0 Å². The molecule has 0 saturated carbocycles. The van der Waals surface area contributed by atoms with Gasteiger partial charge in [0.05, 0.1) is 10.6 Å². The molecule has 0 heterocycles. The zero-order chi connectivity index (χ0) is 16.5. The van der Waals surface area contributed by atoms with E-state index in [1.54, 1.807) is 43.3 Å². The highest BCUT2D eigenvalue weighted by molar-refractivity contribution is 7.92. The zero-order valence-corrected chi connectivity index (χ0v) is 13.5. The molecular formula is C16H18N2O3S. The lowest BCUT2D eigenvalue weighted by atomic mass is 10.1. The first-order valence-corrected chi connectivity index (χ1v) is 8.13. The summed E-state index contributed by atoms with van der Waals surface area (Å²) in [6.45, 7) is 3.63. The third kappa shape index (κ3) is 2.96. The Morgan fingerprint density at radius 1 is 1.05 bits per heavy atom. The molecule has 0 radical (unpaired) electrons. The lowest BCUT2D eigenvalue weighted by Gasteiger charge is -2.21. The highest BCUT2D eigenvalue weighted by Crippen LogP contribution is 2.26. The maximum Gasteiger partial charge on any atom is 0.264 e. The Bertz CT molecular complexity index is 812. The lowest BCUT2D eigenvalue weighted by molar-refractivity contribution is 0.1000. The van der Waals surface area contributed by atoms with E-state index in [9.17, 15) is 13.2 Å². The molecule has 0 aliphatic heterocycles. The molecule has 0 aromatic heterocycles. The largest absolute Gasteiger partial charge is 0.366 e. The molecule has 2 aromatic rings. The van der Waals surface area contributed by atoms with Crippen molar-refractivity contribution < 1.29 is 13.2 Å². The molecule has 0 fully saturated rings. The van der Waals surface area contributed by atoms with Crippen LogP contribution in [0.2, 0.25) is 0 Å². The van der Waals surface area contributed by atoms with Crippen molar-refractivity contribution >= 4 is 21.6 Å². The number of amides is 1. The quantitative estimate of drug-likeness (QED) is 0.938. The van der Waals surface area contributed by atoms with Crippen LogP contribution in [0.1, 0.15) is 21.5 Å². The number of sulfonamides is 1. The minimum absolute atomic E-state index is 0.221. The number of primary amides is 1. The number of hydrogen-bond acceptors (Lipinski definition) is 3. The summed E-state index contributed by atoms with van der Waals surface area (Å²) in [4.78, 5) is 11.4. The Morgan fingerprint density at radius 2 is 1.64 bits per heavy atom. The average Bonchev–Trinajstić information content (AvgIpc) is 2.46. The molecule has 0 aliphatic carbocycles. The van der Waals surface area contributed by atoms with Crippen LogP contribution in [0.3, 0.4) is 0 Å². The lowest BCUT2D eigenvalue weighted by Crippen LogP contribution is -2.27.